The molecule has 20 heavy (non-hydrogen) atoms. The first kappa shape index (κ1) is 14.9. The van der Waals surface area contributed by atoms with Crippen LogP contribution in [0.2, 0.25) is 5.02 Å². The fourth-order valence-corrected chi connectivity index (χ4v) is 2.65. The zero-order valence-electron chi connectivity index (χ0n) is 11.4. The Labute approximate surface area is 124 Å². The first-order valence-electron chi connectivity index (χ1n) is 6.84. The third kappa shape index (κ3) is 3.77. The molecular formula is C14H20ClN3O2. The SMILES string of the molecule is NC(=NO)c1c(Cl)cccc1OCCN1CCCCC1. The largest absolute Gasteiger partial charge is 0.491 e. The summed E-state index contributed by atoms with van der Waals surface area (Å²) in [5.41, 5.74) is 6.08. The summed E-state index contributed by atoms with van der Waals surface area (Å²) in [6.07, 6.45) is 3.83. The minimum Gasteiger partial charge on any atom is -0.491 e. The molecule has 6 heteroatoms. The summed E-state index contributed by atoms with van der Waals surface area (Å²) in [5, 5.41) is 12.2. The van der Waals surface area contributed by atoms with Gasteiger partial charge in [0.1, 0.15) is 12.4 Å². The molecule has 1 heterocycles. The molecule has 0 aliphatic carbocycles. The van der Waals surface area contributed by atoms with Crippen LogP contribution in [0.15, 0.2) is 23.4 Å². The number of hydrogen-bond acceptors (Lipinski definition) is 4. The van der Waals surface area contributed by atoms with E-state index in [4.69, 9.17) is 27.3 Å². The summed E-state index contributed by atoms with van der Waals surface area (Å²) in [4.78, 5) is 2.39. The summed E-state index contributed by atoms with van der Waals surface area (Å²) in [5.74, 6) is 0.508. The van der Waals surface area contributed by atoms with Crippen LogP contribution in [0.4, 0.5) is 0 Å². The molecule has 1 fully saturated rings. The number of benzene rings is 1. The van der Waals surface area contributed by atoms with Gasteiger partial charge in [-0.1, -0.05) is 29.2 Å². The molecular weight excluding hydrogens is 278 g/mol. The molecule has 1 aromatic rings. The van der Waals surface area contributed by atoms with Crippen LogP contribution in [-0.4, -0.2) is 42.2 Å². The van der Waals surface area contributed by atoms with Crippen LogP contribution < -0.4 is 10.5 Å². The van der Waals surface area contributed by atoms with E-state index >= 15 is 0 Å². The summed E-state index contributed by atoms with van der Waals surface area (Å²) < 4.78 is 5.75. The van der Waals surface area contributed by atoms with Gasteiger partial charge in [-0.2, -0.15) is 0 Å². The van der Waals surface area contributed by atoms with Gasteiger partial charge in [-0.05, 0) is 38.1 Å². The number of rotatable bonds is 5. The second kappa shape index (κ2) is 7.36. The number of nitrogens with two attached hydrogens (primary N) is 1. The quantitative estimate of drug-likeness (QED) is 0.379. The van der Waals surface area contributed by atoms with Crippen LogP contribution in [-0.2, 0) is 0 Å². The molecule has 5 nitrogen and oxygen atoms in total. The van der Waals surface area contributed by atoms with Gasteiger partial charge in [0.2, 0.25) is 0 Å². The van der Waals surface area contributed by atoms with Crippen molar-refractivity contribution < 1.29 is 9.94 Å². The molecule has 0 bridgehead atoms. The van der Waals surface area contributed by atoms with Crippen LogP contribution in [0.3, 0.4) is 0 Å². The van der Waals surface area contributed by atoms with Crippen molar-refractivity contribution in [2.75, 3.05) is 26.2 Å². The molecule has 0 aromatic heterocycles. The maximum Gasteiger partial charge on any atom is 0.175 e. The molecule has 0 spiro atoms. The lowest BCUT2D eigenvalue weighted by atomic mass is 10.1. The van der Waals surface area contributed by atoms with Crippen molar-refractivity contribution in [2.45, 2.75) is 19.3 Å². The molecule has 1 aliphatic rings. The van der Waals surface area contributed by atoms with Crippen molar-refractivity contribution >= 4 is 17.4 Å². The molecule has 0 saturated carbocycles. The number of piperidine rings is 1. The Morgan fingerprint density at radius 2 is 2.10 bits per heavy atom. The van der Waals surface area contributed by atoms with Crippen molar-refractivity contribution in [1.82, 2.24) is 4.90 Å². The summed E-state index contributed by atoms with van der Waals surface area (Å²) in [7, 11) is 0. The van der Waals surface area contributed by atoms with Gasteiger partial charge in [-0.25, -0.2) is 0 Å². The Bertz CT molecular complexity index is 473. The van der Waals surface area contributed by atoms with E-state index in [-0.39, 0.29) is 5.84 Å². The van der Waals surface area contributed by atoms with Crippen molar-refractivity contribution in [3.63, 3.8) is 0 Å². The van der Waals surface area contributed by atoms with Crippen molar-refractivity contribution in [1.29, 1.82) is 0 Å². The van der Waals surface area contributed by atoms with E-state index in [0.717, 1.165) is 19.6 Å². The van der Waals surface area contributed by atoms with Gasteiger partial charge in [0.15, 0.2) is 5.84 Å². The lowest BCUT2D eigenvalue weighted by Crippen LogP contribution is -2.33. The third-order valence-corrected chi connectivity index (χ3v) is 3.77. The van der Waals surface area contributed by atoms with E-state index in [2.05, 4.69) is 10.1 Å². The second-order valence-corrected chi connectivity index (χ2v) is 5.26. The maximum absolute atomic E-state index is 8.81. The highest BCUT2D eigenvalue weighted by atomic mass is 35.5. The fraction of sp³-hybridized carbons (Fsp3) is 0.500. The van der Waals surface area contributed by atoms with Crippen LogP contribution in [0.5, 0.6) is 5.75 Å². The number of amidine groups is 1. The van der Waals surface area contributed by atoms with E-state index in [1.54, 1.807) is 18.2 Å². The Morgan fingerprint density at radius 3 is 2.80 bits per heavy atom. The minimum absolute atomic E-state index is 0.0384. The number of nitrogens with zero attached hydrogens (tertiary/aromatic N) is 2. The summed E-state index contributed by atoms with van der Waals surface area (Å²) in [6, 6.07) is 5.24. The van der Waals surface area contributed by atoms with Crippen molar-refractivity contribution in [2.24, 2.45) is 10.9 Å². The van der Waals surface area contributed by atoms with Crippen LogP contribution in [0.1, 0.15) is 24.8 Å². The van der Waals surface area contributed by atoms with E-state index < -0.39 is 0 Å². The fourth-order valence-electron chi connectivity index (χ4n) is 2.39. The Hall–Kier alpha value is -1.46. The smallest absolute Gasteiger partial charge is 0.175 e. The third-order valence-electron chi connectivity index (χ3n) is 3.45. The van der Waals surface area contributed by atoms with Gasteiger partial charge in [0.05, 0.1) is 10.6 Å². The van der Waals surface area contributed by atoms with Gasteiger partial charge in [0.25, 0.3) is 0 Å². The monoisotopic (exact) mass is 297 g/mol. The van der Waals surface area contributed by atoms with E-state index in [9.17, 15) is 0 Å². The highest BCUT2D eigenvalue weighted by Gasteiger charge is 2.14. The molecule has 0 unspecified atom stereocenters. The molecule has 1 saturated heterocycles. The first-order chi connectivity index (χ1) is 9.72. The number of ether oxygens (including phenoxy) is 1. The van der Waals surface area contributed by atoms with Gasteiger partial charge >= 0.3 is 0 Å². The maximum atomic E-state index is 8.81. The van der Waals surface area contributed by atoms with Crippen LogP contribution in [0.25, 0.3) is 0 Å². The number of halogens is 1. The van der Waals surface area contributed by atoms with E-state index in [1.807, 2.05) is 0 Å². The molecule has 0 atom stereocenters. The zero-order valence-corrected chi connectivity index (χ0v) is 12.1. The number of oxime groups is 1. The Kier molecular flexibility index (Phi) is 5.49. The lowest BCUT2D eigenvalue weighted by molar-refractivity contribution is 0.183. The van der Waals surface area contributed by atoms with E-state index in [0.29, 0.717) is 22.9 Å². The molecule has 2 rings (SSSR count). The van der Waals surface area contributed by atoms with Crippen LogP contribution in [0, 0.1) is 0 Å². The number of likely N-dealkylation sites (tertiary alicyclic amines) is 1. The second-order valence-electron chi connectivity index (χ2n) is 4.85. The van der Waals surface area contributed by atoms with Gasteiger partial charge in [-0.3, -0.25) is 4.90 Å². The molecule has 110 valence electrons. The molecule has 1 aliphatic heterocycles. The standard InChI is InChI=1S/C14H20ClN3O2/c15-11-5-4-6-12(13(11)14(16)17-19)20-10-9-18-7-2-1-3-8-18/h4-6,19H,1-3,7-10H2,(H2,16,17). The summed E-state index contributed by atoms with van der Waals surface area (Å²) >= 11 is 6.07. The number of hydrogen-bond donors (Lipinski definition) is 2. The average Bonchev–Trinajstić information content (AvgIpc) is 2.48. The highest BCUT2D eigenvalue weighted by molar-refractivity contribution is 6.34. The normalized spacial score (nSPS) is 17.1. The van der Waals surface area contributed by atoms with Gasteiger partial charge < -0.3 is 15.7 Å². The Balaban J connectivity index is 1.96. The van der Waals surface area contributed by atoms with Gasteiger partial charge in [0, 0.05) is 6.54 Å². The van der Waals surface area contributed by atoms with Crippen molar-refractivity contribution in [3.8, 4) is 5.75 Å². The average molecular weight is 298 g/mol. The van der Waals surface area contributed by atoms with E-state index in [1.165, 1.54) is 19.3 Å². The predicted octanol–water partition coefficient (Wildman–Crippen LogP) is 2.30. The molecule has 1 aromatic carbocycles. The molecule has 3 N–H and O–H groups in total. The summed E-state index contributed by atoms with van der Waals surface area (Å²) in [6.45, 7) is 3.70. The predicted molar refractivity (Wildman–Crippen MR) is 79.7 cm³/mol. The minimum atomic E-state index is -0.0384. The molecule has 0 radical (unpaired) electrons. The first-order valence-corrected chi connectivity index (χ1v) is 7.21. The van der Waals surface area contributed by atoms with Crippen molar-refractivity contribution in [3.05, 3.63) is 28.8 Å². The van der Waals surface area contributed by atoms with Gasteiger partial charge in [-0.15, -0.1) is 0 Å². The Morgan fingerprint density at radius 1 is 1.35 bits per heavy atom. The zero-order chi connectivity index (χ0) is 14.4. The van der Waals surface area contributed by atoms with Crippen LogP contribution >= 0.6 is 11.6 Å². The highest BCUT2D eigenvalue weighted by Crippen LogP contribution is 2.26. The topological polar surface area (TPSA) is 71.1 Å². The molecule has 0 amide bonds. The lowest BCUT2D eigenvalue weighted by Gasteiger charge is -2.26.